The van der Waals surface area contributed by atoms with Crippen LogP contribution >= 0.6 is 11.6 Å². The number of esters is 1. The Morgan fingerprint density at radius 2 is 2.22 bits per heavy atom. The van der Waals surface area contributed by atoms with E-state index in [-0.39, 0.29) is 23.0 Å². The highest BCUT2D eigenvalue weighted by Crippen LogP contribution is 2.25. The van der Waals surface area contributed by atoms with Gasteiger partial charge in [-0.3, -0.25) is 9.59 Å². The molecule has 1 rings (SSSR count). The number of amides is 1. The highest BCUT2D eigenvalue weighted by molar-refractivity contribution is 6.32. The van der Waals surface area contributed by atoms with Crippen molar-refractivity contribution in [2.75, 3.05) is 11.9 Å². The van der Waals surface area contributed by atoms with Crippen molar-refractivity contribution in [3.05, 3.63) is 22.7 Å². The number of carbonyl (C=O) groups excluding carboxylic acids is 2. The lowest BCUT2D eigenvalue weighted by atomic mass is 10.2. The third kappa shape index (κ3) is 3.66. The predicted molar refractivity (Wildman–Crippen MR) is 63.8 cm³/mol. The van der Waals surface area contributed by atoms with Gasteiger partial charge >= 0.3 is 5.97 Å². The number of pyridine rings is 1. The number of rotatable bonds is 4. The van der Waals surface area contributed by atoms with Gasteiger partial charge in [-0.05, 0) is 13.8 Å². The summed E-state index contributed by atoms with van der Waals surface area (Å²) in [5.74, 6) is -1.88. The molecular formula is C11H12ClFN2O3. The van der Waals surface area contributed by atoms with Gasteiger partial charge in [0.05, 0.1) is 18.5 Å². The molecule has 0 aliphatic carbocycles. The van der Waals surface area contributed by atoms with E-state index in [4.69, 9.17) is 11.6 Å². The molecule has 0 atom stereocenters. The molecule has 5 nitrogen and oxygen atoms in total. The molecule has 0 saturated carbocycles. The number of anilines is 1. The Morgan fingerprint density at radius 1 is 1.56 bits per heavy atom. The van der Waals surface area contributed by atoms with E-state index in [9.17, 15) is 14.0 Å². The molecule has 1 N–H and O–H groups in total. The molecule has 0 unspecified atom stereocenters. The Hall–Kier alpha value is -1.69. The third-order valence-electron chi connectivity index (χ3n) is 2.11. The summed E-state index contributed by atoms with van der Waals surface area (Å²) in [6.45, 7) is 3.27. The normalized spacial score (nSPS) is 10.0. The van der Waals surface area contributed by atoms with Crippen LogP contribution in [0.25, 0.3) is 0 Å². The Balaban J connectivity index is 2.76. The number of carbonyl (C=O) groups is 2. The molecule has 98 valence electrons. The Bertz CT molecular complexity index is 480. The smallest absolute Gasteiger partial charge is 0.315 e. The van der Waals surface area contributed by atoms with Crippen molar-refractivity contribution < 1.29 is 18.7 Å². The van der Waals surface area contributed by atoms with E-state index >= 15 is 0 Å². The van der Waals surface area contributed by atoms with E-state index in [1.807, 2.05) is 0 Å². The summed E-state index contributed by atoms with van der Waals surface area (Å²) in [4.78, 5) is 26.1. The van der Waals surface area contributed by atoms with Crippen LogP contribution < -0.4 is 5.32 Å². The molecule has 0 spiro atoms. The van der Waals surface area contributed by atoms with Gasteiger partial charge in [0.25, 0.3) is 0 Å². The van der Waals surface area contributed by atoms with E-state index in [1.54, 1.807) is 6.92 Å². The Morgan fingerprint density at radius 3 is 2.83 bits per heavy atom. The van der Waals surface area contributed by atoms with Crippen molar-refractivity contribution in [1.29, 1.82) is 0 Å². The van der Waals surface area contributed by atoms with Crippen molar-refractivity contribution in [3.63, 3.8) is 0 Å². The van der Waals surface area contributed by atoms with Crippen molar-refractivity contribution in [2.24, 2.45) is 0 Å². The summed E-state index contributed by atoms with van der Waals surface area (Å²) < 4.78 is 17.8. The van der Waals surface area contributed by atoms with Crippen molar-refractivity contribution in [3.8, 4) is 0 Å². The first-order chi connectivity index (χ1) is 8.45. The molecule has 0 fully saturated rings. The fourth-order valence-corrected chi connectivity index (χ4v) is 1.46. The van der Waals surface area contributed by atoms with Gasteiger partial charge in [0.1, 0.15) is 12.2 Å². The molecule has 0 saturated heterocycles. The maximum absolute atomic E-state index is 13.2. The van der Waals surface area contributed by atoms with E-state index in [0.29, 0.717) is 0 Å². The lowest BCUT2D eigenvalue weighted by Gasteiger charge is -2.09. The summed E-state index contributed by atoms with van der Waals surface area (Å²) in [6.07, 6.45) is 0.499. The van der Waals surface area contributed by atoms with E-state index in [0.717, 1.165) is 6.20 Å². The van der Waals surface area contributed by atoms with Crippen LogP contribution in [-0.2, 0) is 14.3 Å². The van der Waals surface area contributed by atoms with Gasteiger partial charge in [-0.1, -0.05) is 11.6 Å². The Kier molecular flexibility index (Phi) is 5.03. The van der Waals surface area contributed by atoms with Crippen LogP contribution in [0, 0.1) is 12.7 Å². The summed E-state index contributed by atoms with van der Waals surface area (Å²) >= 11 is 5.73. The number of ether oxygens (including phenoxy) is 1. The first-order valence-corrected chi connectivity index (χ1v) is 5.59. The zero-order chi connectivity index (χ0) is 13.7. The summed E-state index contributed by atoms with van der Waals surface area (Å²) in [5.41, 5.74) is 0.221. The van der Waals surface area contributed by atoms with Crippen LogP contribution in [0.3, 0.4) is 0 Å². The first-order valence-electron chi connectivity index (χ1n) is 5.21. The van der Waals surface area contributed by atoms with Crippen LogP contribution in [0.4, 0.5) is 10.1 Å². The highest BCUT2D eigenvalue weighted by Gasteiger charge is 2.15. The Labute approximate surface area is 108 Å². The van der Waals surface area contributed by atoms with Gasteiger partial charge < -0.3 is 10.1 Å². The SMILES string of the molecule is CCOC(=O)CC(=O)Nc1c(Cl)ncc(F)c1C. The maximum Gasteiger partial charge on any atom is 0.315 e. The molecule has 7 heteroatoms. The second-order valence-corrected chi connectivity index (χ2v) is 3.78. The fraction of sp³-hybridized carbons (Fsp3) is 0.364. The van der Waals surface area contributed by atoms with Gasteiger partial charge in [0, 0.05) is 5.56 Å². The standard InChI is InChI=1S/C11H12ClFN2O3/c1-3-18-9(17)4-8(16)15-10-6(2)7(13)5-14-11(10)12/h5H,3-4H2,1-2H3,(H,15,16). The maximum atomic E-state index is 13.2. The second kappa shape index (κ2) is 6.30. The van der Waals surface area contributed by atoms with Gasteiger partial charge in [-0.15, -0.1) is 0 Å². The van der Waals surface area contributed by atoms with Crippen molar-refractivity contribution >= 4 is 29.2 Å². The largest absolute Gasteiger partial charge is 0.466 e. The molecule has 1 heterocycles. The lowest BCUT2D eigenvalue weighted by Crippen LogP contribution is -2.19. The van der Waals surface area contributed by atoms with Gasteiger partial charge in [0.2, 0.25) is 5.91 Å². The second-order valence-electron chi connectivity index (χ2n) is 3.43. The van der Waals surface area contributed by atoms with Crippen LogP contribution in [0.2, 0.25) is 5.15 Å². The minimum Gasteiger partial charge on any atom is -0.466 e. The number of hydrogen-bond acceptors (Lipinski definition) is 4. The number of halogens is 2. The summed E-state index contributed by atoms with van der Waals surface area (Å²) in [6, 6.07) is 0. The minimum atomic E-state index is -0.659. The third-order valence-corrected chi connectivity index (χ3v) is 2.39. The van der Waals surface area contributed by atoms with E-state index in [2.05, 4.69) is 15.0 Å². The average molecular weight is 275 g/mol. The number of nitrogens with zero attached hydrogens (tertiary/aromatic N) is 1. The average Bonchev–Trinajstić information content (AvgIpc) is 2.30. The molecule has 0 aliphatic rings. The molecule has 0 aliphatic heterocycles. The molecule has 1 amide bonds. The number of hydrogen-bond donors (Lipinski definition) is 1. The van der Waals surface area contributed by atoms with E-state index < -0.39 is 24.1 Å². The zero-order valence-corrected chi connectivity index (χ0v) is 10.7. The topological polar surface area (TPSA) is 68.3 Å². The highest BCUT2D eigenvalue weighted by atomic mass is 35.5. The van der Waals surface area contributed by atoms with Crippen LogP contribution in [0.5, 0.6) is 0 Å². The van der Waals surface area contributed by atoms with Crippen LogP contribution in [0.15, 0.2) is 6.20 Å². The molecular weight excluding hydrogens is 263 g/mol. The number of aromatic nitrogens is 1. The number of nitrogens with one attached hydrogen (secondary N) is 1. The zero-order valence-electron chi connectivity index (χ0n) is 9.92. The summed E-state index contributed by atoms with van der Waals surface area (Å²) in [7, 11) is 0. The molecule has 18 heavy (non-hydrogen) atoms. The minimum absolute atomic E-state index is 0.0360. The molecule has 0 aromatic carbocycles. The van der Waals surface area contributed by atoms with Gasteiger partial charge in [-0.25, -0.2) is 9.37 Å². The molecule has 1 aromatic rings. The van der Waals surface area contributed by atoms with Gasteiger partial charge in [-0.2, -0.15) is 0 Å². The van der Waals surface area contributed by atoms with Gasteiger partial charge in [0.15, 0.2) is 5.15 Å². The predicted octanol–water partition coefficient (Wildman–Crippen LogP) is 2.07. The van der Waals surface area contributed by atoms with Crippen LogP contribution in [0.1, 0.15) is 18.9 Å². The van der Waals surface area contributed by atoms with E-state index in [1.165, 1.54) is 6.92 Å². The first kappa shape index (κ1) is 14.4. The lowest BCUT2D eigenvalue weighted by molar-refractivity contribution is -0.145. The molecule has 0 radical (unpaired) electrons. The molecule has 0 bridgehead atoms. The fourth-order valence-electron chi connectivity index (χ4n) is 1.22. The van der Waals surface area contributed by atoms with Crippen LogP contribution in [-0.4, -0.2) is 23.5 Å². The monoisotopic (exact) mass is 274 g/mol. The molecule has 1 aromatic heterocycles. The quantitative estimate of drug-likeness (QED) is 0.518. The summed E-state index contributed by atoms with van der Waals surface area (Å²) in [5, 5.41) is 2.30. The van der Waals surface area contributed by atoms with Crippen molar-refractivity contribution in [1.82, 2.24) is 4.98 Å². The van der Waals surface area contributed by atoms with Crippen molar-refractivity contribution in [2.45, 2.75) is 20.3 Å².